The maximum Gasteiger partial charge on any atom is 0.160 e. The summed E-state index contributed by atoms with van der Waals surface area (Å²) >= 11 is 0. The maximum absolute atomic E-state index is 11.9. The summed E-state index contributed by atoms with van der Waals surface area (Å²) < 4.78 is 4.65. The molecule has 2 aromatic heterocycles. The van der Waals surface area contributed by atoms with Crippen LogP contribution in [-0.2, 0) is 24.3 Å². The van der Waals surface area contributed by atoms with Crippen LogP contribution in [0.1, 0.15) is 123 Å². The topological polar surface area (TPSA) is 44.0 Å². The lowest BCUT2D eigenvalue weighted by atomic mass is 9.83. The summed E-state index contributed by atoms with van der Waals surface area (Å²) in [6.07, 6.45) is 3.26. The van der Waals surface area contributed by atoms with Gasteiger partial charge in [0, 0.05) is 63.0 Å². The molecule has 0 bridgehead atoms. The van der Waals surface area contributed by atoms with Gasteiger partial charge < -0.3 is 9.13 Å². The van der Waals surface area contributed by atoms with Crippen molar-refractivity contribution in [1.29, 1.82) is 0 Å². The number of ketones is 2. The Morgan fingerprint density at radius 2 is 1.16 bits per heavy atom. The quantitative estimate of drug-likeness (QED) is 0.193. The van der Waals surface area contributed by atoms with Crippen molar-refractivity contribution in [2.75, 3.05) is 0 Å². The normalized spacial score (nSPS) is 12.9. The Labute approximate surface area is 267 Å². The number of aryl methyl sites for hydroxylation is 2. The SMILES string of the molecule is CC.CC.CC.CC.CCn1c2c(c3ccccc31)C(C(C)=O)CCC2.CCn1c2ccccc2c2c(C(C)=O)cccc21. The molecule has 6 rings (SSSR count). The van der Waals surface area contributed by atoms with E-state index in [4.69, 9.17) is 0 Å². The summed E-state index contributed by atoms with van der Waals surface area (Å²) in [5.41, 5.74) is 7.15. The molecule has 4 heteroatoms. The van der Waals surface area contributed by atoms with Crippen LogP contribution in [0.5, 0.6) is 0 Å². The molecule has 1 atom stereocenters. The Bertz CT molecular complexity index is 1600. The van der Waals surface area contributed by atoms with E-state index in [9.17, 15) is 9.59 Å². The molecule has 0 saturated carbocycles. The number of carbonyl (C=O) groups excluding carboxylic acids is 2. The molecular weight excluding hydrogens is 540 g/mol. The van der Waals surface area contributed by atoms with Gasteiger partial charge in [-0.2, -0.15) is 0 Å². The predicted octanol–water partition coefficient (Wildman–Crippen LogP) is 11.8. The first-order valence-corrected chi connectivity index (χ1v) is 17.1. The average molecular weight is 599 g/mol. The minimum atomic E-state index is 0.117. The van der Waals surface area contributed by atoms with Gasteiger partial charge in [-0.15, -0.1) is 0 Å². The number of benzene rings is 3. The zero-order valence-corrected chi connectivity index (χ0v) is 29.7. The summed E-state index contributed by atoms with van der Waals surface area (Å²) in [7, 11) is 0. The van der Waals surface area contributed by atoms with Crippen molar-refractivity contribution in [3.63, 3.8) is 0 Å². The molecule has 0 saturated heterocycles. The summed E-state index contributed by atoms with van der Waals surface area (Å²) in [6.45, 7) is 25.6. The number of nitrogens with zero attached hydrogens (tertiary/aromatic N) is 2. The summed E-state index contributed by atoms with van der Waals surface area (Å²) in [6, 6.07) is 22.7. The van der Waals surface area contributed by atoms with Crippen LogP contribution in [0.4, 0.5) is 0 Å². The third-order valence-electron chi connectivity index (χ3n) is 7.68. The predicted molar refractivity (Wildman–Crippen MR) is 194 cm³/mol. The van der Waals surface area contributed by atoms with Crippen molar-refractivity contribution in [3.8, 4) is 0 Å². The molecule has 0 spiro atoms. The third-order valence-corrected chi connectivity index (χ3v) is 7.68. The Morgan fingerprint density at radius 3 is 1.68 bits per heavy atom. The van der Waals surface area contributed by atoms with Gasteiger partial charge in [0.1, 0.15) is 5.78 Å². The van der Waals surface area contributed by atoms with Crippen LogP contribution < -0.4 is 0 Å². The first-order valence-electron chi connectivity index (χ1n) is 17.1. The number of hydrogen-bond donors (Lipinski definition) is 0. The van der Waals surface area contributed by atoms with Crippen molar-refractivity contribution in [2.45, 2.75) is 121 Å². The highest BCUT2D eigenvalue weighted by atomic mass is 16.1. The molecule has 1 aliphatic carbocycles. The van der Waals surface area contributed by atoms with Crippen molar-refractivity contribution in [2.24, 2.45) is 0 Å². The molecule has 1 aliphatic rings. The van der Waals surface area contributed by atoms with Gasteiger partial charge in [-0.05, 0) is 70.7 Å². The first-order chi connectivity index (χ1) is 21.5. The van der Waals surface area contributed by atoms with Crippen LogP contribution in [0.3, 0.4) is 0 Å². The number of aromatic nitrogens is 2. The fraction of sp³-hybridized carbons (Fsp3) is 0.450. The van der Waals surface area contributed by atoms with Crippen molar-refractivity contribution >= 4 is 44.3 Å². The molecule has 1 unspecified atom stereocenters. The highest BCUT2D eigenvalue weighted by molar-refractivity contribution is 6.18. The standard InChI is InChI=1S/C16H19NO.C16H15NO.4C2H6/c2*1-3-17-14-9-5-4-7-13(14)16-12(11(2)18)8-6-10-15(16)17;4*1-2/h4-5,7,9,12H,3,6,8,10H2,1-2H3;4-10H,3H2,1-2H3;4*1-2H3. The van der Waals surface area contributed by atoms with Crippen LogP contribution >= 0.6 is 0 Å². The molecule has 4 nitrogen and oxygen atoms in total. The fourth-order valence-electron chi connectivity index (χ4n) is 6.16. The first kappa shape index (κ1) is 38.4. The van der Waals surface area contributed by atoms with Crippen LogP contribution in [0, 0.1) is 0 Å². The second-order valence-corrected chi connectivity index (χ2v) is 9.69. The lowest BCUT2D eigenvalue weighted by molar-refractivity contribution is -0.118. The second kappa shape index (κ2) is 19.6. The molecule has 0 N–H and O–H groups in total. The Kier molecular flexibility index (Phi) is 17.1. The smallest absolute Gasteiger partial charge is 0.160 e. The summed E-state index contributed by atoms with van der Waals surface area (Å²) in [4.78, 5) is 23.7. The van der Waals surface area contributed by atoms with Crippen LogP contribution in [0.2, 0.25) is 0 Å². The van der Waals surface area contributed by atoms with E-state index in [0.717, 1.165) is 48.8 Å². The van der Waals surface area contributed by atoms with Gasteiger partial charge in [0.15, 0.2) is 5.78 Å². The Balaban J connectivity index is 0.000000359. The van der Waals surface area contributed by atoms with E-state index in [1.807, 2.05) is 79.7 Å². The molecule has 240 valence electrons. The number of para-hydroxylation sites is 2. The molecule has 0 aliphatic heterocycles. The molecule has 0 fully saturated rings. The van der Waals surface area contributed by atoms with E-state index in [0.29, 0.717) is 5.78 Å². The fourth-order valence-corrected chi connectivity index (χ4v) is 6.16. The average Bonchev–Trinajstić information content (AvgIpc) is 3.60. The van der Waals surface area contributed by atoms with Crippen LogP contribution in [-0.4, -0.2) is 20.7 Å². The molecule has 2 heterocycles. The van der Waals surface area contributed by atoms with E-state index >= 15 is 0 Å². The van der Waals surface area contributed by atoms with E-state index < -0.39 is 0 Å². The van der Waals surface area contributed by atoms with Crippen molar-refractivity contribution in [1.82, 2.24) is 9.13 Å². The van der Waals surface area contributed by atoms with Gasteiger partial charge >= 0.3 is 0 Å². The monoisotopic (exact) mass is 598 g/mol. The molecule has 5 aromatic rings. The van der Waals surface area contributed by atoms with Crippen LogP contribution in [0.15, 0.2) is 66.7 Å². The number of Topliss-reactive ketones (excluding diaryl/α,β-unsaturated/α-hetero) is 2. The lowest BCUT2D eigenvalue weighted by Gasteiger charge is -2.22. The van der Waals surface area contributed by atoms with Crippen LogP contribution in [0.25, 0.3) is 32.7 Å². The van der Waals surface area contributed by atoms with Gasteiger partial charge in [-0.3, -0.25) is 9.59 Å². The second-order valence-electron chi connectivity index (χ2n) is 9.69. The lowest BCUT2D eigenvalue weighted by Crippen LogP contribution is -2.17. The van der Waals surface area contributed by atoms with Gasteiger partial charge in [-0.25, -0.2) is 0 Å². The molecule has 0 amide bonds. The summed E-state index contributed by atoms with van der Waals surface area (Å²) in [5.74, 6) is 0.556. The van der Waals surface area contributed by atoms with Crippen molar-refractivity contribution in [3.05, 3.63) is 83.6 Å². The number of rotatable bonds is 4. The molecule has 0 radical (unpaired) electrons. The van der Waals surface area contributed by atoms with Crippen molar-refractivity contribution < 1.29 is 9.59 Å². The zero-order chi connectivity index (χ0) is 33.4. The minimum Gasteiger partial charge on any atom is -0.345 e. The Hall–Kier alpha value is -3.66. The number of fused-ring (bicyclic) bond motifs is 6. The molecule has 3 aromatic carbocycles. The zero-order valence-electron chi connectivity index (χ0n) is 29.7. The third kappa shape index (κ3) is 7.88. The summed E-state index contributed by atoms with van der Waals surface area (Å²) in [5, 5.41) is 3.54. The molecular formula is C40H58N2O2. The van der Waals surface area contributed by atoms with Gasteiger partial charge in [0.25, 0.3) is 0 Å². The minimum absolute atomic E-state index is 0.117. The number of carbonyl (C=O) groups is 2. The molecule has 44 heavy (non-hydrogen) atoms. The van der Waals surface area contributed by atoms with Gasteiger partial charge in [-0.1, -0.05) is 104 Å². The highest BCUT2D eigenvalue weighted by Crippen LogP contribution is 2.39. The van der Waals surface area contributed by atoms with Gasteiger partial charge in [0.05, 0.1) is 0 Å². The highest BCUT2D eigenvalue weighted by Gasteiger charge is 2.29. The largest absolute Gasteiger partial charge is 0.345 e. The van der Waals surface area contributed by atoms with E-state index in [-0.39, 0.29) is 11.7 Å². The van der Waals surface area contributed by atoms with E-state index in [1.54, 1.807) is 13.8 Å². The van der Waals surface area contributed by atoms with E-state index in [1.165, 1.54) is 33.1 Å². The van der Waals surface area contributed by atoms with E-state index in [2.05, 4.69) is 65.4 Å². The van der Waals surface area contributed by atoms with Gasteiger partial charge in [0.2, 0.25) is 0 Å². The Morgan fingerprint density at radius 1 is 0.659 bits per heavy atom. The number of hydrogen-bond acceptors (Lipinski definition) is 2. The maximum atomic E-state index is 11.9.